The molecule has 1 heterocycles. The third-order valence-electron chi connectivity index (χ3n) is 4.71. The number of carbonyl (C=O) groups is 1. The number of carbonyl (C=O) groups excluding carboxylic acids is 1. The summed E-state index contributed by atoms with van der Waals surface area (Å²) >= 11 is 8.35. The molecule has 0 spiro atoms. The highest BCUT2D eigenvalue weighted by molar-refractivity contribution is 7.99. The number of anilines is 1. The third kappa shape index (κ3) is 5.81. The van der Waals surface area contributed by atoms with Crippen LogP contribution < -0.4 is 14.8 Å². The van der Waals surface area contributed by atoms with Gasteiger partial charge in [-0.1, -0.05) is 36.7 Å². The highest BCUT2D eigenvalue weighted by atomic mass is 35.5. The molecule has 1 fully saturated rings. The van der Waals surface area contributed by atoms with Gasteiger partial charge in [0.25, 0.3) is 5.91 Å². The van der Waals surface area contributed by atoms with E-state index < -0.39 is 0 Å². The first-order valence-corrected chi connectivity index (χ1v) is 11.3. The van der Waals surface area contributed by atoms with E-state index in [0.717, 1.165) is 48.8 Å². The summed E-state index contributed by atoms with van der Waals surface area (Å²) in [6.07, 6.45) is 0.855. The number of hydrogen-bond donors (Lipinski definition) is 1. The molecule has 156 valence electrons. The highest BCUT2D eigenvalue weighted by Crippen LogP contribution is 2.36. The molecule has 0 atom stereocenters. The highest BCUT2D eigenvalue weighted by Gasteiger charge is 2.18. The number of hydrogen-bond acceptors (Lipinski definition) is 5. The predicted molar refractivity (Wildman–Crippen MR) is 121 cm³/mol. The molecule has 7 heteroatoms. The maximum Gasteiger partial charge on any atom is 0.255 e. The van der Waals surface area contributed by atoms with Gasteiger partial charge in [0, 0.05) is 42.4 Å². The Bertz CT molecular complexity index is 841. The average molecular weight is 435 g/mol. The molecule has 1 N–H and O–H groups in total. The lowest BCUT2D eigenvalue weighted by atomic mass is 10.1. The Balaban J connectivity index is 1.77. The Labute approximate surface area is 181 Å². The minimum Gasteiger partial charge on any atom is -0.493 e. The van der Waals surface area contributed by atoms with Crippen molar-refractivity contribution in [1.29, 1.82) is 0 Å². The van der Waals surface area contributed by atoms with E-state index in [2.05, 4.69) is 16.3 Å². The molecule has 2 aromatic carbocycles. The Morgan fingerprint density at radius 2 is 2.00 bits per heavy atom. The fraction of sp³-hybridized carbons (Fsp3) is 0.409. The van der Waals surface area contributed by atoms with E-state index in [1.165, 1.54) is 0 Å². The lowest BCUT2D eigenvalue weighted by molar-refractivity contribution is 0.102. The second-order valence-electron chi connectivity index (χ2n) is 6.84. The summed E-state index contributed by atoms with van der Waals surface area (Å²) in [7, 11) is 1.54. The van der Waals surface area contributed by atoms with Gasteiger partial charge in [-0.15, -0.1) is 0 Å². The van der Waals surface area contributed by atoms with E-state index >= 15 is 0 Å². The molecule has 1 saturated heterocycles. The van der Waals surface area contributed by atoms with Crippen molar-refractivity contribution in [3.8, 4) is 11.5 Å². The van der Waals surface area contributed by atoms with Gasteiger partial charge in [0.2, 0.25) is 0 Å². The number of amides is 1. The van der Waals surface area contributed by atoms with E-state index in [4.69, 9.17) is 21.1 Å². The van der Waals surface area contributed by atoms with Gasteiger partial charge in [0.1, 0.15) is 0 Å². The van der Waals surface area contributed by atoms with Crippen LogP contribution in [0.25, 0.3) is 0 Å². The molecule has 1 amide bonds. The second-order valence-corrected chi connectivity index (χ2v) is 8.47. The van der Waals surface area contributed by atoms with Gasteiger partial charge in [-0.25, -0.2) is 0 Å². The van der Waals surface area contributed by atoms with Crippen molar-refractivity contribution in [2.45, 2.75) is 19.9 Å². The number of para-hydroxylation sites is 1. The Hall–Kier alpha value is -1.89. The summed E-state index contributed by atoms with van der Waals surface area (Å²) in [4.78, 5) is 15.3. The normalized spacial score (nSPS) is 14.4. The van der Waals surface area contributed by atoms with Crippen LogP contribution in [-0.2, 0) is 6.54 Å². The summed E-state index contributed by atoms with van der Waals surface area (Å²) in [5, 5.41) is 3.39. The summed E-state index contributed by atoms with van der Waals surface area (Å²) in [6.45, 7) is 5.51. The van der Waals surface area contributed by atoms with Gasteiger partial charge in [0.05, 0.1) is 18.7 Å². The summed E-state index contributed by atoms with van der Waals surface area (Å²) in [5.41, 5.74) is 2.35. The number of rotatable bonds is 8. The summed E-state index contributed by atoms with van der Waals surface area (Å²) < 4.78 is 11.1. The van der Waals surface area contributed by atoms with Crippen LogP contribution in [0, 0.1) is 0 Å². The van der Waals surface area contributed by atoms with Crippen LogP contribution in [0.1, 0.15) is 29.3 Å². The molecule has 5 nitrogen and oxygen atoms in total. The quantitative estimate of drug-likeness (QED) is 0.637. The van der Waals surface area contributed by atoms with Crippen LogP contribution in [0.2, 0.25) is 5.02 Å². The fourth-order valence-electron chi connectivity index (χ4n) is 3.17. The summed E-state index contributed by atoms with van der Waals surface area (Å²) in [6, 6.07) is 11.2. The van der Waals surface area contributed by atoms with Crippen LogP contribution in [0.4, 0.5) is 5.69 Å². The number of ether oxygens (including phenoxy) is 2. The Kier molecular flexibility index (Phi) is 8.09. The molecule has 0 aliphatic carbocycles. The maximum absolute atomic E-state index is 12.9. The zero-order valence-electron chi connectivity index (χ0n) is 16.9. The van der Waals surface area contributed by atoms with Crippen LogP contribution in [-0.4, -0.2) is 49.1 Å². The number of methoxy groups -OCH3 is 1. The van der Waals surface area contributed by atoms with Crippen molar-refractivity contribution in [1.82, 2.24) is 4.90 Å². The smallest absolute Gasteiger partial charge is 0.255 e. The SMILES string of the molecule is CCCOc1c(Cl)cc(C(=O)Nc2ccccc2CN2CCSCC2)cc1OC. The number of benzene rings is 2. The van der Waals surface area contributed by atoms with E-state index in [1.807, 2.05) is 36.9 Å². The zero-order chi connectivity index (χ0) is 20.6. The van der Waals surface area contributed by atoms with Crippen molar-refractivity contribution in [3.05, 3.63) is 52.5 Å². The first kappa shape index (κ1) is 21.8. The van der Waals surface area contributed by atoms with Crippen LogP contribution in [0.3, 0.4) is 0 Å². The monoisotopic (exact) mass is 434 g/mol. The van der Waals surface area contributed by atoms with E-state index in [0.29, 0.717) is 28.7 Å². The van der Waals surface area contributed by atoms with Gasteiger partial charge >= 0.3 is 0 Å². The average Bonchev–Trinajstić information content (AvgIpc) is 2.74. The molecule has 1 aliphatic rings. The standard InChI is InChI=1S/C22H27ClN2O3S/c1-3-10-28-21-18(23)13-17(14-20(21)27-2)22(26)24-19-7-5-4-6-16(19)15-25-8-11-29-12-9-25/h4-7,13-14H,3,8-12,15H2,1-2H3,(H,24,26). The largest absolute Gasteiger partial charge is 0.493 e. The fourth-order valence-corrected chi connectivity index (χ4v) is 4.41. The minimum atomic E-state index is -0.228. The first-order chi connectivity index (χ1) is 14.1. The molecule has 1 aliphatic heterocycles. The van der Waals surface area contributed by atoms with Gasteiger partial charge in [-0.2, -0.15) is 11.8 Å². The van der Waals surface area contributed by atoms with Crippen LogP contribution in [0.5, 0.6) is 11.5 Å². The van der Waals surface area contributed by atoms with E-state index in [-0.39, 0.29) is 5.91 Å². The number of halogens is 1. The first-order valence-electron chi connectivity index (χ1n) is 9.82. The zero-order valence-corrected chi connectivity index (χ0v) is 18.4. The molecule has 2 aromatic rings. The molecule has 29 heavy (non-hydrogen) atoms. The number of nitrogens with zero attached hydrogens (tertiary/aromatic N) is 1. The van der Waals surface area contributed by atoms with Gasteiger partial charge in [-0.3, -0.25) is 9.69 Å². The van der Waals surface area contributed by atoms with E-state index in [1.54, 1.807) is 19.2 Å². The molecular formula is C22H27ClN2O3S. The molecular weight excluding hydrogens is 408 g/mol. The lowest BCUT2D eigenvalue weighted by Gasteiger charge is -2.27. The number of nitrogens with one attached hydrogen (secondary N) is 1. The maximum atomic E-state index is 12.9. The van der Waals surface area contributed by atoms with Gasteiger partial charge < -0.3 is 14.8 Å². The van der Waals surface area contributed by atoms with Crippen molar-refractivity contribution in [3.63, 3.8) is 0 Å². The molecule has 0 radical (unpaired) electrons. The van der Waals surface area contributed by atoms with Crippen molar-refractivity contribution in [2.75, 3.05) is 43.6 Å². The van der Waals surface area contributed by atoms with Crippen LogP contribution in [0.15, 0.2) is 36.4 Å². The second kappa shape index (κ2) is 10.8. The Morgan fingerprint density at radius 3 is 2.72 bits per heavy atom. The van der Waals surface area contributed by atoms with Crippen molar-refractivity contribution >= 4 is 35.0 Å². The van der Waals surface area contributed by atoms with Crippen LogP contribution >= 0.6 is 23.4 Å². The molecule has 0 bridgehead atoms. The Morgan fingerprint density at radius 1 is 1.24 bits per heavy atom. The predicted octanol–water partition coefficient (Wildman–Crippen LogP) is 4.94. The van der Waals surface area contributed by atoms with Crippen molar-refractivity contribution < 1.29 is 14.3 Å². The van der Waals surface area contributed by atoms with Gasteiger partial charge in [-0.05, 0) is 30.2 Å². The minimum absolute atomic E-state index is 0.228. The molecule has 0 aromatic heterocycles. The van der Waals surface area contributed by atoms with E-state index in [9.17, 15) is 4.79 Å². The molecule has 3 rings (SSSR count). The van der Waals surface area contributed by atoms with Gasteiger partial charge in [0.15, 0.2) is 11.5 Å². The third-order valence-corrected chi connectivity index (χ3v) is 5.93. The summed E-state index contributed by atoms with van der Waals surface area (Å²) in [5.74, 6) is 3.00. The van der Waals surface area contributed by atoms with Crippen molar-refractivity contribution in [2.24, 2.45) is 0 Å². The number of thioether (sulfide) groups is 1. The lowest BCUT2D eigenvalue weighted by Crippen LogP contribution is -2.32. The molecule has 0 saturated carbocycles. The topological polar surface area (TPSA) is 50.8 Å². The molecule has 0 unspecified atom stereocenters.